The first-order chi connectivity index (χ1) is 14.9. The summed E-state index contributed by atoms with van der Waals surface area (Å²) in [5.74, 6) is -0.334. The number of hydrogen-bond acceptors (Lipinski definition) is 6. The summed E-state index contributed by atoms with van der Waals surface area (Å²) < 4.78 is 32.3. The number of esters is 1. The maximum atomic E-state index is 13.0. The second-order valence-electron chi connectivity index (χ2n) is 7.80. The van der Waals surface area contributed by atoms with Crippen molar-refractivity contribution in [3.63, 3.8) is 0 Å². The highest BCUT2D eigenvalue weighted by Gasteiger charge is 2.43. The monoisotopic (exact) mass is 443 g/mol. The minimum absolute atomic E-state index is 0.0527. The van der Waals surface area contributed by atoms with Crippen molar-refractivity contribution in [3.05, 3.63) is 54.6 Å². The van der Waals surface area contributed by atoms with Crippen molar-refractivity contribution in [2.24, 2.45) is 5.92 Å². The number of sulfonamides is 1. The molecule has 0 aliphatic carbocycles. The summed E-state index contributed by atoms with van der Waals surface area (Å²) in [7, 11) is -2.30. The van der Waals surface area contributed by atoms with Crippen LogP contribution in [0.25, 0.3) is 0 Å². The largest absolute Gasteiger partial charge is 0.465 e. The van der Waals surface area contributed by atoms with Gasteiger partial charge in [0.2, 0.25) is 5.91 Å². The highest BCUT2D eigenvalue weighted by atomic mass is 32.2. The lowest BCUT2D eigenvalue weighted by molar-refractivity contribution is -0.155. The summed E-state index contributed by atoms with van der Waals surface area (Å²) in [6.45, 7) is 1.16. The van der Waals surface area contributed by atoms with Gasteiger partial charge in [0.05, 0.1) is 23.7 Å². The lowest BCUT2D eigenvalue weighted by Gasteiger charge is -2.29. The number of nitrogens with one attached hydrogen (secondary N) is 1. The van der Waals surface area contributed by atoms with E-state index < -0.39 is 10.0 Å². The molecule has 2 heterocycles. The molecule has 2 aliphatic rings. The van der Waals surface area contributed by atoms with Gasteiger partial charge in [0, 0.05) is 12.7 Å². The molecular formula is C22H25N3O5S. The van der Waals surface area contributed by atoms with Gasteiger partial charge in [-0.15, -0.1) is 0 Å². The Labute approximate surface area is 181 Å². The zero-order chi connectivity index (χ0) is 22.0. The van der Waals surface area contributed by atoms with Gasteiger partial charge in [0.25, 0.3) is 10.0 Å². The van der Waals surface area contributed by atoms with Gasteiger partial charge in [-0.05, 0) is 55.6 Å². The second kappa shape index (κ2) is 8.68. The van der Waals surface area contributed by atoms with Crippen LogP contribution in [0.4, 0.5) is 11.4 Å². The highest BCUT2D eigenvalue weighted by molar-refractivity contribution is 7.92. The molecule has 0 unspecified atom stereocenters. The van der Waals surface area contributed by atoms with Crippen LogP contribution in [0.5, 0.6) is 0 Å². The average Bonchev–Trinajstić information content (AvgIpc) is 3.18. The van der Waals surface area contributed by atoms with Gasteiger partial charge in [-0.2, -0.15) is 0 Å². The molecule has 2 atom stereocenters. The molecule has 2 aromatic rings. The fourth-order valence-electron chi connectivity index (χ4n) is 4.20. The Bertz CT molecular complexity index is 1070. The van der Waals surface area contributed by atoms with Crippen LogP contribution in [0.3, 0.4) is 0 Å². The molecule has 164 valence electrons. The molecule has 8 nitrogen and oxygen atoms in total. The molecule has 2 aromatic carbocycles. The van der Waals surface area contributed by atoms with Crippen molar-refractivity contribution in [2.75, 3.05) is 36.4 Å². The van der Waals surface area contributed by atoms with Crippen LogP contribution in [-0.4, -0.2) is 58.0 Å². The normalized spacial score (nSPS) is 21.3. The number of fused-ring (bicyclic) bond motifs is 1. The van der Waals surface area contributed by atoms with Crippen LogP contribution in [0.2, 0.25) is 0 Å². The van der Waals surface area contributed by atoms with E-state index in [2.05, 4.69) is 5.32 Å². The zero-order valence-corrected chi connectivity index (χ0v) is 18.0. The molecule has 9 heteroatoms. The van der Waals surface area contributed by atoms with Crippen molar-refractivity contribution >= 4 is 33.3 Å². The van der Waals surface area contributed by atoms with Gasteiger partial charge in [-0.1, -0.05) is 24.3 Å². The maximum Gasteiger partial charge on any atom is 0.323 e. The van der Waals surface area contributed by atoms with Gasteiger partial charge in [0.1, 0.15) is 6.04 Å². The number of anilines is 2. The number of benzene rings is 2. The molecule has 2 saturated heterocycles. The molecule has 0 saturated carbocycles. The fourth-order valence-corrected chi connectivity index (χ4v) is 5.44. The van der Waals surface area contributed by atoms with E-state index in [1.165, 1.54) is 23.5 Å². The third kappa shape index (κ3) is 4.42. The SMILES string of the molecule is CN(c1ccccc1)S(=O)(=O)c1cccc(NC(=O)CN2CC[C@H]3CCOC(=O)[C@H]32)c1. The van der Waals surface area contributed by atoms with E-state index in [4.69, 9.17) is 4.74 Å². The highest BCUT2D eigenvalue weighted by Crippen LogP contribution is 2.31. The molecule has 0 radical (unpaired) electrons. The number of cyclic esters (lactones) is 1. The quantitative estimate of drug-likeness (QED) is 0.687. The summed E-state index contributed by atoms with van der Waals surface area (Å²) in [4.78, 5) is 26.6. The van der Waals surface area contributed by atoms with E-state index >= 15 is 0 Å². The molecule has 31 heavy (non-hydrogen) atoms. The number of para-hydroxylation sites is 1. The van der Waals surface area contributed by atoms with E-state index in [9.17, 15) is 18.0 Å². The molecule has 0 bridgehead atoms. The number of carbonyl (C=O) groups excluding carboxylic acids is 2. The topological polar surface area (TPSA) is 96.0 Å². The Balaban J connectivity index is 1.45. The van der Waals surface area contributed by atoms with Gasteiger partial charge < -0.3 is 10.1 Å². The number of rotatable bonds is 6. The lowest BCUT2D eigenvalue weighted by Crippen LogP contribution is -2.46. The molecule has 1 N–H and O–H groups in total. The second-order valence-corrected chi connectivity index (χ2v) is 9.77. The minimum Gasteiger partial charge on any atom is -0.465 e. The van der Waals surface area contributed by atoms with Crippen molar-refractivity contribution in [3.8, 4) is 0 Å². The van der Waals surface area contributed by atoms with Crippen LogP contribution >= 0.6 is 0 Å². The molecule has 2 aliphatic heterocycles. The van der Waals surface area contributed by atoms with Crippen molar-refractivity contribution < 1.29 is 22.7 Å². The third-order valence-corrected chi connectivity index (χ3v) is 7.63. The van der Waals surface area contributed by atoms with Crippen LogP contribution in [-0.2, 0) is 24.3 Å². The number of amides is 1. The molecule has 2 fully saturated rings. The number of hydrogen-bond donors (Lipinski definition) is 1. The predicted molar refractivity (Wildman–Crippen MR) is 116 cm³/mol. The van der Waals surface area contributed by atoms with Gasteiger partial charge in [0.15, 0.2) is 0 Å². The molecular weight excluding hydrogens is 418 g/mol. The van der Waals surface area contributed by atoms with Crippen LogP contribution in [0.1, 0.15) is 12.8 Å². The van der Waals surface area contributed by atoms with Gasteiger partial charge in [-0.25, -0.2) is 8.42 Å². The molecule has 1 amide bonds. The standard InChI is InChI=1S/C22H25N3O5S/c1-24(18-7-3-2-4-8-18)31(28,29)19-9-5-6-17(14-19)23-20(26)15-25-12-10-16-11-13-30-22(27)21(16)25/h2-9,14,16,21H,10-13,15H2,1H3,(H,23,26)/t16-,21-/m0/s1. The van der Waals surface area contributed by atoms with Crippen molar-refractivity contribution in [2.45, 2.75) is 23.8 Å². The Hall–Kier alpha value is -2.91. The van der Waals surface area contributed by atoms with Crippen LogP contribution < -0.4 is 9.62 Å². The number of likely N-dealkylation sites (tertiary alicyclic amines) is 1. The minimum atomic E-state index is -3.79. The first kappa shape index (κ1) is 21.3. The first-order valence-electron chi connectivity index (χ1n) is 10.2. The van der Waals surface area contributed by atoms with Gasteiger partial charge >= 0.3 is 5.97 Å². The molecule has 0 spiro atoms. The van der Waals surface area contributed by atoms with E-state index in [1.807, 2.05) is 11.0 Å². The van der Waals surface area contributed by atoms with E-state index in [-0.39, 0.29) is 35.3 Å². The van der Waals surface area contributed by atoms with E-state index in [1.54, 1.807) is 36.4 Å². The average molecular weight is 444 g/mol. The fraction of sp³-hybridized carbons (Fsp3) is 0.364. The maximum absolute atomic E-state index is 13.0. The Morgan fingerprint density at radius 3 is 2.71 bits per heavy atom. The Kier molecular flexibility index (Phi) is 5.97. The van der Waals surface area contributed by atoms with Crippen molar-refractivity contribution in [1.29, 1.82) is 0 Å². The summed E-state index contributed by atoms with van der Waals surface area (Å²) >= 11 is 0. The zero-order valence-electron chi connectivity index (χ0n) is 17.2. The van der Waals surface area contributed by atoms with Gasteiger partial charge in [-0.3, -0.25) is 18.8 Å². The summed E-state index contributed by atoms with van der Waals surface area (Å²) in [5.41, 5.74) is 0.925. The first-order valence-corrected chi connectivity index (χ1v) is 11.6. The van der Waals surface area contributed by atoms with Crippen LogP contribution in [0, 0.1) is 5.92 Å². The van der Waals surface area contributed by atoms with E-state index in [0.29, 0.717) is 24.5 Å². The molecule has 0 aromatic heterocycles. The molecule has 4 rings (SSSR count). The number of nitrogens with zero attached hydrogens (tertiary/aromatic N) is 2. The summed E-state index contributed by atoms with van der Waals surface area (Å²) in [6, 6.07) is 14.6. The van der Waals surface area contributed by atoms with E-state index in [0.717, 1.165) is 12.8 Å². The van der Waals surface area contributed by atoms with Crippen LogP contribution in [0.15, 0.2) is 59.5 Å². The third-order valence-electron chi connectivity index (χ3n) is 5.84. The smallest absolute Gasteiger partial charge is 0.323 e. The lowest BCUT2D eigenvalue weighted by atomic mass is 9.95. The number of carbonyl (C=O) groups is 2. The predicted octanol–water partition coefficient (Wildman–Crippen LogP) is 2.09. The van der Waals surface area contributed by atoms with Crippen molar-refractivity contribution in [1.82, 2.24) is 4.90 Å². The Morgan fingerprint density at radius 1 is 1.16 bits per heavy atom. The Morgan fingerprint density at radius 2 is 1.94 bits per heavy atom. The summed E-state index contributed by atoms with van der Waals surface area (Å²) in [6.07, 6.45) is 1.69. The summed E-state index contributed by atoms with van der Waals surface area (Å²) in [5, 5.41) is 2.75. The number of ether oxygens (including phenoxy) is 1.